The van der Waals surface area contributed by atoms with Crippen LogP contribution in [0.2, 0.25) is 0 Å². The minimum absolute atomic E-state index is 0.144. The number of ether oxygens (including phenoxy) is 1. The van der Waals surface area contributed by atoms with Crippen LogP contribution < -0.4 is 5.73 Å². The molecule has 0 unspecified atom stereocenters. The summed E-state index contributed by atoms with van der Waals surface area (Å²) < 4.78 is 5.20. The molecule has 15 heavy (non-hydrogen) atoms. The van der Waals surface area contributed by atoms with Gasteiger partial charge in [-0.15, -0.1) is 0 Å². The van der Waals surface area contributed by atoms with Crippen LogP contribution in [0, 0.1) is 5.41 Å². The topological polar surface area (TPSA) is 52.3 Å². The Kier molecular flexibility index (Phi) is 5.29. The number of rotatable bonds is 6. The van der Waals surface area contributed by atoms with Crippen molar-refractivity contribution < 1.29 is 9.53 Å². The largest absolute Gasteiger partial charge is 0.465 e. The molecule has 0 saturated heterocycles. The molecule has 0 aromatic rings. The van der Waals surface area contributed by atoms with Crippen LogP contribution in [0.25, 0.3) is 0 Å². The molecule has 0 spiro atoms. The highest BCUT2D eigenvalue weighted by atomic mass is 16.5. The standard InChI is InChI=1S/C12H25NO2/c1-6-7-8-15-10(14)11(2,3)9-12(4,5)13/h6-9,13H2,1-5H3. The number of carbonyl (C=O) groups excluding carboxylic acids is 1. The average molecular weight is 215 g/mol. The van der Waals surface area contributed by atoms with Crippen molar-refractivity contribution in [2.75, 3.05) is 6.61 Å². The number of hydrogen-bond donors (Lipinski definition) is 1. The zero-order valence-corrected chi connectivity index (χ0v) is 10.7. The molecule has 0 fully saturated rings. The van der Waals surface area contributed by atoms with E-state index in [4.69, 9.17) is 10.5 Å². The van der Waals surface area contributed by atoms with Gasteiger partial charge < -0.3 is 10.5 Å². The van der Waals surface area contributed by atoms with E-state index >= 15 is 0 Å². The Balaban J connectivity index is 4.14. The van der Waals surface area contributed by atoms with Crippen molar-refractivity contribution in [3.8, 4) is 0 Å². The van der Waals surface area contributed by atoms with Gasteiger partial charge in [-0.1, -0.05) is 13.3 Å². The molecule has 0 rings (SSSR count). The van der Waals surface area contributed by atoms with Gasteiger partial charge in [-0.3, -0.25) is 4.79 Å². The third-order valence-corrected chi connectivity index (χ3v) is 2.18. The Bertz CT molecular complexity index is 204. The van der Waals surface area contributed by atoms with Crippen molar-refractivity contribution >= 4 is 5.97 Å². The Morgan fingerprint density at radius 1 is 1.27 bits per heavy atom. The molecule has 0 heterocycles. The molecular weight excluding hydrogens is 190 g/mol. The second-order valence-corrected chi connectivity index (χ2v) is 5.54. The molecule has 0 saturated carbocycles. The number of nitrogens with two attached hydrogens (primary N) is 1. The van der Waals surface area contributed by atoms with Crippen LogP contribution in [0.5, 0.6) is 0 Å². The summed E-state index contributed by atoms with van der Waals surface area (Å²) in [6, 6.07) is 0. The first kappa shape index (κ1) is 14.4. The van der Waals surface area contributed by atoms with E-state index in [-0.39, 0.29) is 11.5 Å². The average Bonchev–Trinajstić information content (AvgIpc) is 2.00. The Labute approximate surface area is 93.4 Å². The zero-order chi connectivity index (χ0) is 12.1. The molecule has 0 radical (unpaired) electrons. The van der Waals surface area contributed by atoms with Gasteiger partial charge >= 0.3 is 5.97 Å². The summed E-state index contributed by atoms with van der Waals surface area (Å²) in [5, 5.41) is 0. The highest BCUT2D eigenvalue weighted by molar-refractivity contribution is 5.76. The molecule has 0 aliphatic heterocycles. The molecule has 0 bridgehead atoms. The SMILES string of the molecule is CCCCOC(=O)C(C)(C)CC(C)(C)N. The van der Waals surface area contributed by atoms with Gasteiger partial charge in [0.05, 0.1) is 12.0 Å². The lowest BCUT2D eigenvalue weighted by Crippen LogP contribution is -2.41. The number of hydrogen-bond acceptors (Lipinski definition) is 3. The van der Waals surface area contributed by atoms with Crippen LogP contribution in [-0.2, 0) is 9.53 Å². The van der Waals surface area contributed by atoms with E-state index in [2.05, 4.69) is 6.92 Å². The molecule has 0 atom stereocenters. The van der Waals surface area contributed by atoms with Crippen molar-refractivity contribution in [1.82, 2.24) is 0 Å². The third-order valence-electron chi connectivity index (χ3n) is 2.18. The van der Waals surface area contributed by atoms with Crippen LogP contribution in [0.1, 0.15) is 53.9 Å². The van der Waals surface area contributed by atoms with Crippen LogP contribution in [0.4, 0.5) is 0 Å². The molecule has 0 aliphatic rings. The minimum atomic E-state index is -0.494. The molecular formula is C12H25NO2. The van der Waals surface area contributed by atoms with Crippen molar-refractivity contribution in [3.63, 3.8) is 0 Å². The van der Waals surface area contributed by atoms with E-state index in [1.807, 2.05) is 27.7 Å². The van der Waals surface area contributed by atoms with Crippen molar-refractivity contribution in [2.24, 2.45) is 11.1 Å². The first-order valence-corrected chi connectivity index (χ1v) is 5.65. The normalized spacial score (nSPS) is 12.7. The van der Waals surface area contributed by atoms with E-state index in [0.717, 1.165) is 12.8 Å². The summed E-state index contributed by atoms with van der Waals surface area (Å²) >= 11 is 0. The van der Waals surface area contributed by atoms with Crippen LogP contribution >= 0.6 is 0 Å². The fourth-order valence-corrected chi connectivity index (χ4v) is 1.72. The second-order valence-electron chi connectivity index (χ2n) is 5.54. The lowest BCUT2D eigenvalue weighted by molar-refractivity contribution is -0.155. The van der Waals surface area contributed by atoms with Gasteiger partial charge in [0.1, 0.15) is 0 Å². The van der Waals surface area contributed by atoms with Crippen molar-refractivity contribution in [2.45, 2.75) is 59.4 Å². The lowest BCUT2D eigenvalue weighted by atomic mass is 9.80. The molecule has 0 aromatic carbocycles. The Morgan fingerprint density at radius 3 is 2.20 bits per heavy atom. The Morgan fingerprint density at radius 2 is 1.80 bits per heavy atom. The minimum Gasteiger partial charge on any atom is -0.465 e. The molecule has 3 nitrogen and oxygen atoms in total. The fraction of sp³-hybridized carbons (Fsp3) is 0.917. The molecule has 0 aromatic heterocycles. The quantitative estimate of drug-likeness (QED) is 0.547. The molecule has 90 valence electrons. The maximum atomic E-state index is 11.7. The molecule has 2 N–H and O–H groups in total. The summed E-state index contributed by atoms with van der Waals surface area (Å²) in [7, 11) is 0. The van der Waals surface area contributed by atoms with Crippen LogP contribution in [0.3, 0.4) is 0 Å². The maximum absolute atomic E-state index is 11.7. The first-order valence-electron chi connectivity index (χ1n) is 5.65. The first-order chi connectivity index (χ1) is 6.69. The van der Waals surface area contributed by atoms with E-state index in [1.54, 1.807) is 0 Å². The van der Waals surface area contributed by atoms with E-state index in [1.165, 1.54) is 0 Å². The lowest BCUT2D eigenvalue weighted by Gasteiger charge is -2.30. The van der Waals surface area contributed by atoms with Gasteiger partial charge in [0.2, 0.25) is 0 Å². The summed E-state index contributed by atoms with van der Waals surface area (Å²) in [6.07, 6.45) is 2.59. The van der Waals surface area contributed by atoms with Gasteiger partial charge in [0.15, 0.2) is 0 Å². The monoisotopic (exact) mass is 215 g/mol. The summed E-state index contributed by atoms with van der Waals surface area (Å²) in [4.78, 5) is 11.7. The van der Waals surface area contributed by atoms with Gasteiger partial charge in [-0.2, -0.15) is 0 Å². The predicted octanol–water partition coefficient (Wildman–Crippen LogP) is 2.48. The van der Waals surface area contributed by atoms with Crippen molar-refractivity contribution in [3.05, 3.63) is 0 Å². The summed E-state index contributed by atoms with van der Waals surface area (Å²) in [6.45, 7) is 10.2. The molecule has 3 heteroatoms. The van der Waals surface area contributed by atoms with Gasteiger partial charge in [-0.25, -0.2) is 0 Å². The van der Waals surface area contributed by atoms with Crippen molar-refractivity contribution in [1.29, 1.82) is 0 Å². The van der Waals surface area contributed by atoms with E-state index < -0.39 is 5.41 Å². The number of unbranched alkanes of at least 4 members (excludes halogenated alkanes) is 1. The van der Waals surface area contributed by atoms with Crippen LogP contribution in [0.15, 0.2) is 0 Å². The summed E-state index contributed by atoms with van der Waals surface area (Å²) in [5.74, 6) is -0.144. The fourth-order valence-electron chi connectivity index (χ4n) is 1.72. The van der Waals surface area contributed by atoms with Gasteiger partial charge in [0.25, 0.3) is 0 Å². The number of esters is 1. The number of carbonyl (C=O) groups is 1. The highest BCUT2D eigenvalue weighted by Gasteiger charge is 2.34. The maximum Gasteiger partial charge on any atom is 0.311 e. The Hall–Kier alpha value is -0.570. The smallest absolute Gasteiger partial charge is 0.311 e. The molecule has 0 aliphatic carbocycles. The van der Waals surface area contributed by atoms with Crippen LogP contribution in [-0.4, -0.2) is 18.1 Å². The van der Waals surface area contributed by atoms with Gasteiger partial charge in [-0.05, 0) is 40.5 Å². The zero-order valence-electron chi connectivity index (χ0n) is 10.7. The second kappa shape index (κ2) is 5.50. The molecule has 0 amide bonds. The third kappa shape index (κ3) is 6.50. The van der Waals surface area contributed by atoms with E-state index in [0.29, 0.717) is 13.0 Å². The predicted molar refractivity (Wildman–Crippen MR) is 62.5 cm³/mol. The van der Waals surface area contributed by atoms with Gasteiger partial charge in [0, 0.05) is 5.54 Å². The summed E-state index contributed by atoms with van der Waals surface area (Å²) in [5.41, 5.74) is 5.07. The highest BCUT2D eigenvalue weighted by Crippen LogP contribution is 2.27. The van der Waals surface area contributed by atoms with E-state index in [9.17, 15) is 4.79 Å².